The predicted octanol–water partition coefficient (Wildman–Crippen LogP) is 4.76. The van der Waals surface area contributed by atoms with Crippen molar-refractivity contribution < 1.29 is 0 Å². The first-order valence-corrected chi connectivity index (χ1v) is 8.58. The molecule has 0 spiro atoms. The molecule has 0 aliphatic heterocycles. The predicted molar refractivity (Wildman–Crippen MR) is 79.8 cm³/mol. The third-order valence-corrected chi connectivity index (χ3v) is 5.57. The van der Waals surface area contributed by atoms with Crippen molar-refractivity contribution in [2.45, 2.75) is 84.1 Å². The zero-order valence-electron chi connectivity index (χ0n) is 12.6. The first-order chi connectivity index (χ1) is 8.85. The first-order valence-electron chi connectivity index (χ1n) is 8.58. The Labute approximate surface area is 114 Å². The van der Waals surface area contributed by atoms with E-state index < -0.39 is 0 Å². The van der Waals surface area contributed by atoms with Gasteiger partial charge in [-0.05, 0) is 50.0 Å². The maximum Gasteiger partial charge on any atom is 0.0123 e. The minimum atomic E-state index is 0.841. The molecular formula is C17H33N. The molecule has 0 amide bonds. The van der Waals surface area contributed by atoms with Gasteiger partial charge in [0.15, 0.2) is 0 Å². The third kappa shape index (κ3) is 3.73. The summed E-state index contributed by atoms with van der Waals surface area (Å²) in [5.74, 6) is 3.01. The third-order valence-electron chi connectivity index (χ3n) is 5.57. The summed E-state index contributed by atoms with van der Waals surface area (Å²) in [6.07, 6.45) is 14.8. The second kappa shape index (κ2) is 7.53. The number of hydrogen-bond acceptors (Lipinski definition) is 1. The van der Waals surface area contributed by atoms with E-state index in [9.17, 15) is 0 Å². The second-order valence-electron chi connectivity index (χ2n) is 6.67. The van der Waals surface area contributed by atoms with Crippen LogP contribution in [0.15, 0.2) is 0 Å². The summed E-state index contributed by atoms with van der Waals surface area (Å²) in [5.41, 5.74) is 0. The molecule has 18 heavy (non-hydrogen) atoms. The molecule has 2 rings (SSSR count). The molecular weight excluding hydrogens is 218 g/mol. The maximum atomic E-state index is 3.85. The van der Waals surface area contributed by atoms with Gasteiger partial charge < -0.3 is 5.32 Å². The molecule has 1 atom stereocenters. The van der Waals surface area contributed by atoms with Crippen LogP contribution in [0.5, 0.6) is 0 Å². The fourth-order valence-corrected chi connectivity index (χ4v) is 4.40. The normalized spacial score (nSPS) is 32.3. The van der Waals surface area contributed by atoms with Crippen molar-refractivity contribution in [3.63, 3.8) is 0 Å². The van der Waals surface area contributed by atoms with Crippen LogP contribution in [0.25, 0.3) is 0 Å². The highest BCUT2D eigenvalue weighted by molar-refractivity contribution is 4.87. The van der Waals surface area contributed by atoms with Crippen LogP contribution in [-0.2, 0) is 0 Å². The average Bonchev–Trinajstić information content (AvgIpc) is 2.46. The first kappa shape index (κ1) is 14.4. The lowest BCUT2D eigenvalue weighted by Crippen LogP contribution is -2.44. The summed E-state index contributed by atoms with van der Waals surface area (Å²) < 4.78 is 0. The molecule has 1 nitrogen and oxygen atoms in total. The summed E-state index contributed by atoms with van der Waals surface area (Å²) in [6, 6.07) is 0.841. The Balaban J connectivity index is 1.88. The molecule has 0 bridgehead atoms. The van der Waals surface area contributed by atoms with E-state index in [0.717, 1.165) is 30.3 Å². The van der Waals surface area contributed by atoms with Crippen molar-refractivity contribution in [1.82, 2.24) is 5.32 Å². The summed E-state index contributed by atoms with van der Waals surface area (Å²) in [4.78, 5) is 0. The summed E-state index contributed by atoms with van der Waals surface area (Å²) in [7, 11) is 0. The Morgan fingerprint density at radius 2 is 1.44 bits per heavy atom. The molecule has 1 unspecified atom stereocenters. The lowest BCUT2D eigenvalue weighted by molar-refractivity contribution is 0.153. The summed E-state index contributed by atoms with van der Waals surface area (Å²) in [6.45, 7) is 5.82. The molecule has 0 saturated heterocycles. The van der Waals surface area contributed by atoms with Gasteiger partial charge in [0.25, 0.3) is 0 Å². The largest absolute Gasteiger partial charge is 0.314 e. The average molecular weight is 251 g/mol. The molecule has 2 fully saturated rings. The molecule has 0 radical (unpaired) electrons. The molecule has 0 aromatic carbocycles. The van der Waals surface area contributed by atoms with E-state index in [1.54, 1.807) is 0 Å². The van der Waals surface area contributed by atoms with Gasteiger partial charge in [0.05, 0.1) is 0 Å². The van der Waals surface area contributed by atoms with Gasteiger partial charge in [0, 0.05) is 6.04 Å². The van der Waals surface area contributed by atoms with Crippen molar-refractivity contribution >= 4 is 0 Å². The van der Waals surface area contributed by atoms with Crippen molar-refractivity contribution in [1.29, 1.82) is 0 Å². The van der Waals surface area contributed by atoms with Gasteiger partial charge in [-0.25, -0.2) is 0 Å². The number of hydrogen-bond donors (Lipinski definition) is 1. The fraction of sp³-hybridized carbons (Fsp3) is 1.00. The second-order valence-corrected chi connectivity index (χ2v) is 6.67. The van der Waals surface area contributed by atoms with Gasteiger partial charge in [-0.3, -0.25) is 0 Å². The van der Waals surface area contributed by atoms with Crippen LogP contribution in [0.2, 0.25) is 0 Å². The van der Waals surface area contributed by atoms with E-state index in [0.29, 0.717) is 0 Å². The molecule has 2 aliphatic carbocycles. The topological polar surface area (TPSA) is 12.0 Å². The Morgan fingerprint density at radius 3 is 2.00 bits per heavy atom. The van der Waals surface area contributed by atoms with Crippen LogP contribution in [0, 0.1) is 17.8 Å². The van der Waals surface area contributed by atoms with Crippen LogP contribution < -0.4 is 5.32 Å². The van der Waals surface area contributed by atoms with Gasteiger partial charge in [-0.1, -0.05) is 52.4 Å². The van der Waals surface area contributed by atoms with Gasteiger partial charge in [0.1, 0.15) is 0 Å². The molecule has 0 heterocycles. The molecule has 1 heteroatoms. The van der Waals surface area contributed by atoms with E-state index in [-0.39, 0.29) is 0 Å². The molecule has 0 aromatic heterocycles. The minimum absolute atomic E-state index is 0.841. The van der Waals surface area contributed by atoms with Crippen LogP contribution in [0.3, 0.4) is 0 Å². The van der Waals surface area contributed by atoms with Crippen LogP contribution in [-0.4, -0.2) is 12.6 Å². The van der Waals surface area contributed by atoms with Crippen molar-refractivity contribution in [2.75, 3.05) is 6.54 Å². The lowest BCUT2D eigenvalue weighted by Gasteiger charge is -2.40. The summed E-state index contributed by atoms with van der Waals surface area (Å²) in [5, 5.41) is 3.85. The highest BCUT2D eigenvalue weighted by atomic mass is 14.9. The Kier molecular flexibility index (Phi) is 6.01. The highest BCUT2D eigenvalue weighted by Gasteiger charge is 2.32. The molecule has 106 valence electrons. The van der Waals surface area contributed by atoms with E-state index in [4.69, 9.17) is 0 Å². The quantitative estimate of drug-likeness (QED) is 0.743. The standard InChI is InChI=1S/C17H33N/c1-3-14-10-12-16(13-11-14)17(18-4-2)15-8-6-5-7-9-15/h14-18H,3-13H2,1-2H3. The Hall–Kier alpha value is -0.0400. The van der Waals surface area contributed by atoms with Crippen LogP contribution in [0.1, 0.15) is 78.1 Å². The Bertz CT molecular complexity index is 212. The van der Waals surface area contributed by atoms with E-state index >= 15 is 0 Å². The molecule has 1 N–H and O–H groups in total. The Morgan fingerprint density at radius 1 is 0.833 bits per heavy atom. The van der Waals surface area contributed by atoms with Gasteiger partial charge in [-0.2, -0.15) is 0 Å². The number of nitrogens with one attached hydrogen (secondary N) is 1. The molecule has 2 aliphatic rings. The van der Waals surface area contributed by atoms with Gasteiger partial charge in [0.2, 0.25) is 0 Å². The highest BCUT2D eigenvalue weighted by Crippen LogP contribution is 2.38. The van der Waals surface area contributed by atoms with Crippen LogP contribution >= 0.6 is 0 Å². The smallest absolute Gasteiger partial charge is 0.0123 e. The zero-order valence-corrected chi connectivity index (χ0v) is 12.6. The lowest BCUT2D eigenvalue weighted by atomic mass is 9.71. The van der Waals surface area contributed by atoms with Gasteiger partial charge >= 0.3 is 0 Å². The van der Waals surface area contributed by atoms with Crippen molar-refractivity contribution in [3.8, 4) is 0 Å². The van der Waals surface area contributed by atoms with Crippen molar-refractivity contribution in [3.05, 3.63) is 0 Å². The fourth-order valence-electron chi connectivity index (χ4n) is 4.40. The maximum absolute atomic E-state index is 3.85. The monoisotopic (exact) mass is 251 g/mol. The zero-order chi connectivity index (χ0) is 12.8. The summed E-state index contributed by atoms with van der Waals surface area (Å²) >= 11 is 0. The number of rotatable bonds is 5. The van der Waals surface area contributed by atoms with E-state index in [1.165, 1.54) is 64.2 Å². The van der Waals surface area contributed by atoms with Gasteiger partial charge in [-0.15, -0.1) is 0 Å². The SMILES string of the molecule is CCNC(C1CCCCC1)C1CCC(CC)CC1. The van der Waals surface area contributed by atoms with E-state index in [2.05, 4.69) is 19.2 Å². The minimum Gasteiger partial charge on any atom is -0.314 e. The van der Waals surface area contributed by atoms with Crippen molar-refractivity contribution in [2.24, 2.45) is 17.8 Å². The van der Waals surface area contributed by atoms with Crippen LogP contribution in [0.4, 0.5) is 0 Å². The molecule has 0 aromatic rings. The molecule has 2 saturated carbocycles. The van der Waals surface area contributed by atoms with E-state index in [1.807, 2.05) is 0 Å².